The summed E-state index contributed by atoms with van der Waals surface area (Å²) in [6.45, 7) is 6.04. The molecule has 18 heavy (non-hydrogen) atoms. The lowest BCUT2D eigenvalue weighted by Gasteiger charge is -2.09. The van der Waals surface area contributed by atoms with E-state index in [1.807, 2.05) is 39.0 Å². The number of nitrogens with zero attached hydrogens (tertiary/aromatic N) is 2. The van der Waals surface area contributed by atoms with Gasteiger partial charge in [-0.05, 0) is 24.1 Å². The summed E-state index contributed by atoms with van der Waals surface area (Å²) in [4.78, 5) is 4.32. The summed E-state index contributed by atoms with van der Waals surface area (Å²) in [7, 11) is 0. The molecular weight excluding hydrogens is 294 g/mol. The van der Waals surface area contributed by atoms with Gasteiger partial charge in [-0.1, -0.05) is 47.1 Å². The summed E-state index contributed by atoms with van der Waals surface area (Å²) in [5, 5.41) is 3.94. The first-order valence-electron chi connectivity index (χ1n) is 5.84. The Balaban J connectivity index is 2.29. The maximum absolute atomic E-state index is 6.14. The minimum atomic E-state index is -0.363. The Morgan fingerprint density at radius 1 is 1.33 bits per heavy atom. The van der Waals surface area contributed by atoms with E-state index in [1.165, 1.54) is 5.56 Å². The molecule has 1 atom stereocenters. The molecule has 0 aliphatic heterocycles. The summed E-state index contributed by atoms with van der Waals surface area (Å²) in [6.07, 6.45) is 0. The van der Waals surface area contributed by atoms with Crippen molar-refractivity contribution in [2.75, 3.05) is 0 Å². The van der Waals surface area contributed by atoms with Crippen molar-refractivity contribution in [3.63, 3.8) is 0 Å². The maximum Gasteiger partial charge on any atom is 0.229 e. The minimum absolute atomic E-state index is 0.211. The van der Waals surface area contributed by atoms with Crippen molar-refractivity contribution in [1.82, 2.24) is 10.1 Å². The van der Waals surface area contributed by atoms with Gasteiger partial charge in [0.2, 0.25) is 5.89 Å². The molecule has 0 bridgehead atoms. The molecule has 0 aliphatic rings. The van der Waals surface area contributed by atoms with Crippen molar-refractivity contribution in [1.29, 1.82) is 0 Å². The third-order valence-electron chi connectivity index (χ3n) is 2.78. The second kappa shape index (κ2) is 5.20. The number of benzene rings is 1. The van der Waals surface area contributed by atoms with Crippen LogP contribution in [0.1, 0.15) is 48.6 Å². The predicted molar refractivity (Wildman–Crippen MR) is 73.3 cm³/mol. The van der Waals surface area contributed by atoms with E-state index in [2.05, 4.69) is 26.1 Å². The molecule has 1 heterocycles. The Hall–Kier alpha value is -1.20. The normalized spacial score (nSPS) is 13.0. The van der Waals surface area contributed by atoms with Gasteiger partial charge in [-0.3, -0.25) is 0 Å². The molecule has 0 fully saturated rings. The van der Waals surface area contributed by atoms with E-state index in [-0.39, 0.29) is 12.0 Å². The Morgan fingerprint density at radius 3 is 2.61 bits per heavy atom. The van der Waals surface area contributed by atoms with Crippen molar-refractivity contribution in [3.05, 3.63) is 45.5 Å². The van der Waals surface area contributed by atoms with Crippen LogP contribution in [0.2, 0.25) is 0 Å². The van der Waals surface area contributed by atoms with E-state index in [4.69, 9.17) is 10.3 Å². The highest BCUT2D eigenvalue weighted by Gasteiger charge is 2.18. The number of halogens is 1. The van der Waals surface area contributed by atoms with Crippen molar-refractivity contribution >= 4 is 15.9 Å². The second-order valence-corrected chi connectivity index (χ2v) is 5.49. The average Bonchev–Trinajstić information content (AvgIpc) is 2.81. The highest BCUT2D eigenvalue weighted by Crippen LogP contribution is 2.24. The molecular formula is C13H16BrN3O. The number of hydrogen-bond acceptors (Lipinski definition) is 4. The molecule has 2 rings (SSSR count). The molecule has 4 nitrogen and oxygen atoms in total. The van der Waals surface area contributed by atoms with Crippen molar-refractivity contribution in [2.24, 2.45) is 5.73 Å². The average molecular weight is 310 g/mol. The van der Waals surface area contributed by atoms with Gasteiger partial charge in [-0.15, -0.1) is 0 Å². The van der Waals surface area contributed by atoms with Crippen LogP contribution in [0.3, 0.4) is 0 Å². The predicted octanol–water partition coefficient (Wildman–Crippen LogP) is 3.31. The molecule has 1 aromatic carbocycles. The van der Waals surface area contributed by atoms with E-state index in [1.54, 1.807) is 0 Å². The molecule has 0 amide bonds. The van der Waals surface area contributed by atoms with Crippen LogP contribution in [-0.4, -0.2) is 10.1 Å². The van der Waals surface area contributed by atoms with Gasteiger partial charge >= 0.3 is 0 Å². The Morgan fingerprint density at radius 2 is 2.06 bits per heavy atom. The lowest BCUT2D eigenvalue weighted by molar-refractivity contribution is 0.359. The standard InChI is InChI=1S/C13H16BrN3O/c1-7(2)13-16-12(17-18-13)11(15)9-5-4-8(3)10(14)6-9/h4-7,11H,15H2,1-3H3. The van der Waals surface area contributed by atoms with E-state index in [9.17, 15) is 0 Å². The van der Waals surface area contributed by atoms with Gasteiger partial charge in [-0.25, -0.2) is 0 Å². The third-order valence-corrected chi connectivity index (χ3v) is 3.64. The van der Waals surface area contributed by atoms with Crippen LogP contribution in [-0.2, 0) is 0 Å². The van der Waals surface area contributed by atoms with E-state index >= 15 is 0 Å². The molecule has 0 radical (unpaired) electrons. The molecule has 96 valence electrons. The maximum atomic E-state index is 6.14. The first kappa shape index (κ1) is 13.2. The first-order valence-corrected chi connectivity index (χ1v) is 6.63. The van der Waals surface area contributed by atoms with E-state index in [0.717, 1.165) is 10.0 Å². The fourth-order valence-electron chi connectivity index (χ4n) is 1.56. The van der Waals surface area contributed by atoms with Crippen LogP contribution in [0, 0.1) is 6.92 Å². The van der Waals surface area contributed by atoms with Crippen molar-refractivity contribution < 1.29 is 4.52 Å². The van der Waals surface area contributed by atoms with Crippen LogP contribution in [0.25, 0.3) is 0 Å². The molecule has 1 aromatic heterocycles. The topological polar surface area (TPSA) is 64.9 Å². The molecule has 0 saturated heterocycles. The minimum Gasteiger partial charge on any atom is -0.339 e. The van der Waals surface area contributed by atoms with Gasteiger partial charge in [0.15, 0.2) is 5.82 Å². The number of aryl methyl sites for hydroxylation is 1. The summed E-state index contributed by atoms with van der Waals surface area (Å²) in [6, 6.07) is 5.63. The van der Waals surface area contributed by atoms with E-state index in [0.29, 0.717) is 11.7 Å². The molecule has 0 aliphatic carbocycles. The number of hydrogen-bond donors (Lipinski definition) is 1. The van der Waals surface area contributed by atoms with Gasteiger partial charge in [0.05, 0.1) is 6.04 Å². The molecule has 2 N–H and O–H groups in total. The molecule has 2 aromatic rings. The fraction of sp³-hybridized carbons (Fsp3) is 0.385. The van der Waals surface area contributed by atoms with Crippen molar-refractivity contribution in [2.45, 2.75) is 32.7 Å². The second-order valence-electron chi connectivity index (χ2n) is 4.63. The summed E-state index contributed by atoms with van der Waals surface area (Å²) < 4.78 is 6.20. The van der Waals surface area contributed by atoms with Gasteiger partial charge < -0.3 is 10.3 Å². The zero-order valence-electron chi connectivity index (χ0n) is 10.6. The molecule has 0 saturated carbocycles. The SMILES string of the molecule is Cc1ccc(C(N)c2noc(C(C)C)n2)cc1Br. The van der Waals surface area contributed by atoms with E-state index < -0.39 is 0 Å². The lowest BCUT2D eigenvalue weighted by atomic mass is 10.1. The Kier molecular flexibility index (Phi) is 3.82. The van der Waals surface area contributed by atoms with Gasteiger partial charge in [0.1, 0.15) is 0 Å². The summed E-state index contributed by atoms with van der Waals surface area (Å²) >= 11 is 3.50. The van der Waals surface area contributed by atoms with Crippen LogP contribution >= 0.6 is 15.9 Å². The monoisotopic (exact) mass is 309 g/mol. The smallest absolute Gasteiger partial charge is 0.229 e. The zero-order valence-corrected chi connectivity index (χ0v) is 12.2. The van der Waals surface area contributed by atoms with Gasteiger partial charge in [0.25, 0.3) is 0 Å². The third kappa shape index (κ3) is 2.62. The van der Waals surface area contributed by atoms with Crippen molar-refractivity contribution in [3.8, 4) is 0 Å². The summed E-state index contributed by atoms with van der Waals surface area (Å²) in [5.41, 5.74) is 8.27. The summed E-state index contributed by atoms with van der Waals surface area (Å²) in [5.74, 6) is 1.35. The molecule has 1 unspecified atom stereocenters. The van der Waals surface area contributed by atoms with Crippen LogP contribution < -0.4 is 5.73 Å². The molecule has 5 heteroatoms. The van der Waals surface area contributed by atoms with Crippen LogP contribution in [0.15, 0.2) is 27.2 Å². The fourth-order valence-corrected chi connectivity index (χ4v) is 1.96. The highest BCUT2D eigenvalue weighted by atomic mass is 79.9. The Bertz CT molecular complexity index is 551. The van der Waals surface area contributed by atoms with Crippen LogP contribution in [0.5, 0.6) is 0 Å². The highest BCUT2D eigenvalue weighted by molar-refractivity contribution is 9.10. The molecule has 0 spiro atoms. The first-order chi connectivity index (χ1) is 8.49. The lowest BCUT2D eigenvalue weighted by Crippen LogP contribution is -2.13. The number of rotatable bonds is 3. The van der Waals surface area contributed by atoms with Crippen LogP contribution in [0.4, 0.5) is 0 Å². The number of nitrogens with two attached hydrogens (primary N) is 1. The zero-order chi connectivity index (χ0) is 13.3. The van der Waals surface area contributed by atoms with Gasteiger partial charge in [0, 0.05) is 10.4 Å². The Labute approximate surface area is 115 Å². The number of aromatic nitrogens is 2. The quantitative estimate of drug-likeness (QED) is 0.944. The van der Waals surface area contributed by atoms with Gasteiger partial charge in [-0.2, -0.15) is 4.98 Å². The largest absolute Gasteiger partial charge is 0.339 e.